The molecule has 0 fully saturated rings. The van der Waals surface area contributed by atoms with Gasteiger partial charge in [-0.3, -0.25) is 9.36 Å². The molecule has 0 bridgehead atoms. The minimum absolute atomic E-state index is 0.153. The van der Waals surface area contributed by atoms with Crippen LogP contribution in [-0.4, -0.2) is 34.8 Å². The van der Waals surface area contributed by atoms with Crippen molar-refractivity contribution in [3.05, 3.63) is 93.2 Å². The maximum Gasteiger partial charge on any atom is 0.358 e. The summed E-state index contributed by atoms with van der Waals surface area (Å²) in [6, 6.07) is 16.2. The maximum atomic E-state index is 12.7. The number of hydrogen-bond donors (Lipinski definition) is 1. The fourth-order valence-corrected chi connectivity index (χ4v) is 3.37. The van der Waals surface area contributed by atoms with E-state index in [9.17, 15) is 14.7 Å². The van der Waals surface area contributed by atoms with Gasteiger partial charge in [0.05, 0.1) is 19.7 Å². The number of aromatic nitrogens is 2. The molecule has 1 heterocycles. The third kappa shape index (κ3) is 3.73. The van der Waals surface area contributed by atoms with Gasteiger partial charge in [-0.2, -0.15) is 0 Å². The first-order chi connectivity index (χ1) is 14.4. The third-order valence-corrected chi connectivity index (χ3v) is 4.77. The first-order valence-corrected chi connectivity index (χ1v) is 9.02. The van der Waals surface area contributed by atoms with Crippen LogP contribution >= 0.6 is 0 Å². The monoisotopic (exact) mass is 404 g/mol. The number of methoxy groups -OCH3 is 1. The summed E-state index contributed by atoms with van der Waals surface area (Å²) in [5, 5.41) is 9.52. The molecule has 1 unspecified atom stereocenters. The van der Waals surface area contributed by atoms with Gasteiger partial charge in [0, 0.05) is 14.1 Å². The van der Waals surface area contributed by atoms with Gasteiger partial charge in [0.2, 0.25) is 11.7 Å². The van der Waals surface area contributed by atoms with Gasteiger partial charge < -0.3 is 14.7 Å². The van der Waals surface area contributed by atoms with Crippen molar-refractivity contribution in [2.75, 3.05) is 19.1 Å². The highest BCUT2D eigenvalue weighted by Gasteiger charge is 2.27. The molecule has 0 saturated heterocycles. The van der Waals surface area contributed by atoms with Crippen LogP contribution in [0, 0.1) is 6.57 Å². The van der Waals surface area contributed by atoms with Gasteiger partial charge >= 0.3 is 5.97 Å². The summed E-state index contributed by atoms with van der Waals surface area (Å²) in [4.78, 5) is 33.8. The Kier molecular flexibility index (Phi) is 5.83. The molecule has 0 spiro atoms. The van der Waals surface area contributed by atoms with E-state index in [1.54, 1.807) is 30.1 Å². The van der Waals surface area contributed by atoms with E-state index in [1.807, 2.05) is 36.4 Å². The number of nitrogens with zero attached hydrogens (tertiary/aromatic N) is 4. The van der Waals surface area contributed by atoms with E-state index in [1.165, 1.54) is 18.7 Å². The normalized spacial score (nSPS) is 11.4. The Hall–Kier alpha value is -4.12. The summed E-state index contributed by atoms with van der Waals surface area (Å²) in [7, 11) is 4.46. The van der Waals surface area contributed by atoms with Gasteiger partial charge in [-0.25, -0.2) is 14.6 Å². The minimum Gasteiger partial charge on any atom is -0.489 e. The van der Waals surface area contributed by atoms with Gasteiger partial charge in [0.25, 0.3) is 5.56 Å². The number of carboxylic acid groups (broad SMARTS) is 1. The zero-order chi connectivity index (χ0) is 21.8. The highest BCUT2D eigenvalue weighted by atomic mass is 16.5. The second-order valence-corrected chi connectivity index (χ2v) is 6.59. The number of carboxylic acids is 1. The molecule has 0 aliphatic carbocycles. The van der Waals surface area contributed by atoms with Gasteiger partial charge in [-0.1, -0.05) is 54.6 Å². The fourth-order valence-electron chi connectivity index (χ4n) is 3.37. The van der Waals surface area contributed by atoms with E-state index < -0.39 is 23.3 Å². The average Bonchev–Trinajstić information content (AvgIpc) is 2.76. The molecule has 2 aromatic carbocycles. The molecule has 30 heavy (non-hydrogen) atoms. The van der Waals surface area contributed by atoms with Crippen LogP contribution in [0.2, 0.25) is 0 Å². The van der Waals surface area contributed by atoms with Crippen LogP contribution in [0.4, 0.5) is 11.6 Å². The van der Waals surface area contributed by atoms with Crippen molar-refractivity contribution in [1.82, 2.24) is 9.55 Å². The predicted octanol–water partition coefficient (Wildman–Crippen LogP) is 3.26. The van der Waals surface area contributed by atoms with Crippen molar-refractivity contribution in [2.45, 2.75) is 6.04 Å². The summed E-state index contributed by atoms with van der Waals surface area (Å²) in [5.74, 6) is -1.53. The third-order valence-electron chi connectivity index (χ3n) is 4.77. The van der Waals surface area contributed by atoms with Crippen molar-refractivity contribution >= 4 is 17.6 Å². The van der Waals surface area contributed by atoms with Crippen LogP contribution in [0.25, 0.3) is 4.85 Å². The van der Waals surface area contributed by atoms with Gasteiger partial charge in [-0.05, 0) is 11.1 Å². The van der Waals surface area contributed by atoms with E-state index in [-0.39, 0.29) is 11.7 Å². The number of benzene rings is 2. The molecule has 3 aromatic rings. The van der Waals surface area contributed by atoms with Gasteiger partial charge in [-0.15, -0.1) is 0 Å². The Morgan fingerprint density at radius 3 is 2.47 bits per heavy atom. The number of aromatic carboxylic acids is 1. The Morgan fingerprint density at radius 2 is 1.87 bits per heavy atom. The number of anilines is 1. The smallest absolute Gasteiger partial charge is 0.358 e. The fraction of sp³-hybridized carbons (Fsp3) is 0.182. The molecular formula is C22H20N4O4. The number of ether oxygens (including phenoxy) is 1. The maximum absolute atomic E-state index is 12.7. The standard InChI is InChI=1S/C22H20N4O4/c1-23-16-12-8-11-15(13-16)18(14-9-6-5-7-10-14)25(2)22-24-17(21(28)29)19(30-4)20(27)26(22)3/h5-13,18H,2-4H3,(H,28,29). The molecule has 0 radical (unpaired) electrons. The molecule has 1 atom stereocenters. The lowest BCUT2D eigenvalue weighted by molar-refractivity contribution is 0.0685. The molecule has 152 valence electrons. The van der Waals surface area contributed by atoms with Crippen molar-refractivity contribution in [3.8, 4) is 5.75 Å². The van der Waals surface area contributed by atoms with Crippen molar-refractivity contribution in [1.29, 1.82) is 0 Å². The average molecular weight is 404 g/mol. The van der Waals surface area contributed by atoms with Crippen molar-refractivity contribution in [3.63, 3.8) is 0 Å². The minimum atomic E-state index is -1.36. The zero-order valence-corrected chi connectivity index (χ0v) is 16.7. The quantitative estimate of drug-likeness (QED) is 0.635. The highest BCUT2D eigenvalue weighted by Crippen LogP contribution is 2.32. The van der Waals surface area contributed by atoms with E-state index in [2.05, 4.69) is 9.83 Å². The highest BCUT2D eigenvalue weighted by molar-refractivity contribution is 5.88. The molecule has 0 aliphatic rings. The summed E-state index contributed by atoms with van der Waals surface area (Å²) in [6.07, 6.45) is 0. The van der Waals surface area contributed by atoms with E-state index >= 15 is 0 Å². The molecular weight excluding hydrogens is 384 g/mol. The second kappa shape index (κ2) is 8.49. The van der Waals surface area contributed by atoms with Crippen LogP contribution in [-0.2, 0) is 7.05 Å². The Labute approximate surface area is 173 Å². The lowest BCUT2D eigenvalue weighted by atomic mass is 9.97. The summed E-state index contributed by atoms with van der Waals surface area (Å²) >= 11 is 0. The first-order valence-electron chi connectivity index (χ1n) is 9.02. The number of hydrogen-bond acceptors (Lipinski definition) is 5. The lowest BCUT2D eigenvalue weighted by Crippen LogP contribution is -2.34. The second-order valence-electron chi connectivity index (χ2n) is 6.59. The molecule has 1 aromatic heterocycles. The lowest BCUT2D eigenvalue weighted by Gasteiger charge is -2.31. The van der Waals surface area contributed by atoms with Gasteiger partial charge in [0.15, 0.2) is 11.4 Å². The molecule has 3 rings (SSSR count). The van der Waals surface area contributed by atoms with Crippen molar-refractivity contribution in [2.24, 2.45) is 7.05 Å². The summed E-state index contributed by atoms with van der Waals surface area (Å²) in [5.41, 5.74) is 1.12. The van der Waals surface area contributed by atoms with Crippen LogP contribution < -0.4 is 15.2 Å². The topological polar surface area (TPSA) is 89.0 Å². The number of rotatable bonds is 6. The van der Waals surface area contributed by atoms with Crippen LogP contribution in [0.1, 0.15) is 27.7 Å². The molecule has 0 amide bonds. The van der Waals surface area contributed by atoms with Crippen LogP contribution in [0.5, 0.6) is 5.75 Å². The summed E-state index contributed by atoms with van der Waals surface area (Å²) in [6.45, 7) is 7.31. The molecule has 8 heteroatoms. The Morgan fingerprint density at radius 1 is 1.20 bits per heavy atom. The summed E-state index contributed by atoms with van der Waals surface area (Å²) < 4.78 is 6.23. The van der Waals surface area contributed by atoms with E-state index in [0.717, 1.165) is 11.1 Å². The van der Waals surface area contributed by atoms with Crippen LogP contribution in [0.3, 0.4) is 0 Å². The van der Waals surface area contributed by atoms with Crippen molar-refractivity contribution < 1.29 is 14.6 Å². The molecule has 0 saturated carbocycles. The zero-order valence-electron chi connectivity index (χ0n) is 16.7. The Balaban J connectivity index is 2.24. The van der Waals surface area contributed by atoms with Crippen LogP contribution in [0.15, 0.2) is 59.4 Å². The SMILES string of the molecule is [C-]#[N+]c1cccc(C(c2ccccc2)N(C)c2nc(C(=O)O)c(OC)c(=O)n2C)c1. The molecule has 8 nitrogen and oxygen atoms in total. The molecule has 0 aliphatic heterocycles. The largest absolute Gasteiger partial charge is 0.489 e. The van der Waals surface area contributed by atoms with E-state index in [0.29, 0.717) is 5.69 Å². The van der Waals surface area contributed by atoms with E-state index in [4.69, 9.17) is 11.3 Å². The predicted molar refractivity (Wildman–Crippen MR) is 112 cm³/mol. The Bertz CT molecular complexity index is 1180. The number of carbonyl (C=O) groups is 1. The first kappa shape index (κ1) is 20.6. The van der Waals surface area contributed by atoms with Gasteiger partial charge in [0.1, 0.15) is 0 Å². The molecule has 1 N–H and O–H groups in total.